The third-order valence-corrected chi connectivity index (χ3v) is 4.35. The molecule has 1 saturated heterocycles. The summed E-state index contributed by atoms with van der Waals surface area (Å²) in [4.78, 5) is 6.69. The van der Waals surface area contributed by atoms with Crippen molar-refractivity contribution in [3.63, 3.8) is 0 Å². The fraction of sp³-hybridized carbons (Fsp3) is 0.529. The van der Waals surface area contributed by atoms with Crippen molar-refractivity contribution >= 4 is 0 Å². The Morgan fingerprint density at radius 1 is 1.32 bits per heavy atom. The van der Waals surface area contributed by atoms with Crippen LogP contribution in [0.5, 0.6) is 0 Å². The fourth-order valence-electron chi connectivity index (χ4n) is 2.94. The minimum atomic E-state index is 0.192. The third-order valence-electron chi connectivity index (χ3n) is 4.35. The van der Waals surface area contributed by atoms with Crippen molar-refractivity contribution < 1.29 is 9.63 Å². The summed E-state index contributed by atoms with van der Waals surface area (Å²) in [6, 6.07) is 8.52. The summed E-state index contributed by atoms with van der Waals surface area (Å²) < 4.78 is 5.37. The summed E-state index contributed by atoms with van der Waals surface area (Å²) in [5, 5.41) is 13.4. The van der Waals surface area contributed by atoms with E-state index in [1.807, 2.05) is 12.1 Å². The van der Waals surface area contributed by atoms with Gasteiger partial charge in [0.15, 0.2) is 0 Å². The Balaban J connectivity index is 1.70. The molecule has 0 aliphatic carbocycles. The zero-order valence-electron chi connectivity index (χ0n) is 13.2. The molecule has 1 fully saturated rings. The van der Waals surface area contributed by atoms with Gasteiger partial charge in [-0.2, -0.15) is 4.98 Å². The van der Waals surface area contributed by atoms with E-state index in [0.717, 1.165) is 24.9 Å². The minimum Gasteiger partial charge on any atom is -0.395 e. The smallest absolute Gasteiger partial charge is 0.241 e. The topological polar surface area (TPSA) is 62.4 Å². The van der Waals surface area contributed by atoms with Crippen LogP contribution >= 0.6 is 0 Å². The van der Waals surface area contributed by atoms with E-state index < -0.39 is 0 Å². The second-order valence-electron chi connectivity index (χ2n) is 6.24. The Labute approximate surface area is 131 Å². The molecule has 0 bridgehead atoms. The van der Waals surface area contributed by atoms with Gasteiger partial charge in [0.25, 0.3) is 0 Å². The molecule has 0 unspecified atom stereocenters. The molecule has 1 aliphatic heterocycles. The van der Waals surface area contributed by atoms with Gasteiger partial charge in [-0.3, -0.25) is 4.90 Å². The van der Waals surface area contributed by atoms with Gasteiger partial charge < -0.3 is 9.63 Å². The van der Waals surface area contributed by atoms with Crippen LogP contribution < -0.4 is 0 Å². The summed E-state index contributed by atoms with van der Waals surface area (Å²) in [5.74, 6) is 1.76. The standard InChI is InChI=1S/C17H23N3O2/c1-12(2)13-5-7-14(8-6-13)17-18-16(22-19-17)10-20-9-3-4-15(20)11-21/h5-8,12,15,21H,3-4,9-11H2,1-2H3/t15-/m1/s1. The molecule has 1 aliphatic rings. The van der Waals surface area contributed by atoms with Gasteiger partial charge in [0.1, 0.15) is 0 Å². The van der Waals surface area contributed by atoms with Gasteiger partial charge in [-0.25, -0.2) is 0 Å². The second-order valence-corrected chi connectivity index (χ2v) is 6.24. The summed E-state index contributed by atoms with van der Waals surface area (Å²) in [6.45, 7) is 6.14. The van der Waals surface area contributed by atoms with Crippen LogP contribution in [0.2, 0.25) is 0 Å². The minimum absolute atomic E-state index is 0.192. The molecule has 5 heteroatoms. The molecule has 0 radical (unpaired) electrons. The molecule has 118 valence electrons. The number of rotatable bonds is 5. The van der Waals surface area contributed by atoms with Crippen LogP contribution in [0.25, 0.3) is 11.4 Å². The van der Waals surface area contributed by atoms with Crippen LogP contribution in [0.15, 0.2) is 28.8 Å². The lowest BCUT2D eigenvalue weighted by atomic mass is 10.0. The van der Waals surface area contributed by atoms with Crippen molar-refractivity contribution in [1.29, 1.82) is 0 Å². The number of nitrogens with zero attached hydrogens (tertiary/aromatic N) is 3. The van der Waals surface area contributed by atoms with Crippen LogP contribution in [0.1, 0.15) is 44.1 Å². The molecule has 2 heterocycles. The van der Waals surface area contributed by atoms with Gasteiger partial charge in [-0.05, 0) is 30.9 Å². The maximum Gasteiger partial charge on any atom is 0.241 e. The Bertz CT molecular complexity index is 607. The summed E-state index contributed by atoms with van der Waals surface area (Å²) in [5.41, 5.74) is 2.27. The molecule has 1 aromatic heterocycles. The largest absolute Gasteiger partial charge is 0.395 e. The summed E-state index contributed by atoms with van der Waals surface area (Å²) in [6.07, 6.45) is 2.15. The Morgan fingerprint density at radius 3 is 2.77 bits per heavy atom. The predicted molar refractivity (Wildman–Crippen MR) is 84.3 cm³/mol. The average Bonchev–Trinajstić information content (AvgIpc) is 3.17. The number of aliphatic hydroxyl groups excluding tert-OH is 1. The van der Waals surface area contributed by atoms with E-state index >= 15 is 0 Å². The van der Waals surface area contributed by atoms with E-state index in [0.29, 0.717) is 24.2 Å². The molecule has 2 aromatic rings. The van der Waals surface area contributed by atoms with Crippen molar-refractivity contribution in [2.24, 2.45) is 0 Å². The molecule has 0 spiro atoms. The molecule has 0 amide bonds. The lowest BCUT2D eigenvalue weighted by Gasteiger charge is -2.20. The quantitative estimate of drug-likeness (QED) is 0.920. The highest BCUT2D eigenvalue weighted by molar-refractivity contribution is 5.54. The van der Waals surface area contributed by atoms with Crippen LogP contribution in [0.4, 0.5) is 0 Å². The number of aromatic nitrogens is 2. The highest BCUT2D eigenvalue weighted by Crippen LogP contribution is 2.22. The maximum atomic E-state index is 9.36. The fourth-order valence-corrected chi connectivity index (χ4v) is 2.94. The Kier molecular flexibility index (Phi) is 4.55. The van der Waals surface area contributed by atoms with Gasteiger partial charge in [0.2, 0.25) is 11.7 Å². The van der Waals surface area contributed by atoms with E-state index in [4.69, 9.17) is 4.52 Å². The molecule has 5 nitrogen and oxygen atoms in total. The summed E-state index contributed by atoms with van der Waals surface area (Å²) >= 11 is 0. The predicted octanol–water partition coefficient (Wildman–Crippen LogP) is 2.82. The average molecular weight is 301 g/mol. The monoisotopic (exact) mass is 301 g/mol. The van der Waals surface area contributed by atoms with Gasteiger partial charge in [-0.1, -0.05) is 43.3 Å². The highest BCUT2D eigenvalue weighted by Gasteiger charge is 2.25. The van der Waals surface area contributed by atoms with Gasteiger partial charge in [0, 0.05) is 11.6 Å². The third kappa shape index (κ3) is 3.20. The highest BCUT2D eigenvalue weighted by atomic mass is 16.5. The molecular weight excluding hydrogens is 278 g/mol. The van der Waals surface area contributed by atoms with E-state index in [1.54, 1.807) is 0 Å². The first-order valence-electron chi connectivity index (χ1n) is 7.95. The van der Waals surface area contributed by atoms with Crippen LogP contribution in [-0.2, 0) is 6.54 Å². The first-order valence-corrected chi connectivity index (χ1v) is 7.95. The first-order chi connectivity index (χ1) is 10.7. The number of likely N-dealkylation sites (tertiary alicyclic amines) is 1. The molecule has 3 rings (SSSR count). The van der Waals surface area contributed by atoms with Gasteiger partial charge in [0.05, 0.1) is 13.2 Å². The van der Waals surface area contributed by atoms with E-state index in [-0.39, 0.29) is 12.6 Å². The Hall–Kier alpha value is -1.72. The van der Waals surface area contributed by atoms with Crippen molar-refractivity contribution in [1.82, 2.24) is 15.0 Å². The van der Waals surface area contributed by atoms with Crippen molar-refractivity contribution in [2.75, 3.05) is 13.2 Å². The maximum absolute atomic E-state index is 9.36. The van der Waals surface area contributed by atoms with Crippen molar-refractivity contribution in [2.45, 2.75) is 45.2 Å². The molecule has 1 N–H and O–H groups in total. The molecule has 0 saturated carbocycles. The number of hydrogen-bond acceptors (Lipinski definition) is 5. The Morgan fingerprint density at radius 2 is 2.09 bits per heavy atom. The SMILES string of the molecule is CC(C)c1ccc(-c2noc(CN3CCC[C@@H]3CO)n2)cc1. The summed E-state index contributed by atoms with van der Waals surface area (Å²) in [7, 11) is 0. The molecule has 1 atom stereocenters. The van der Waals surface area contributed by atoms with Crippen LogP contribution in [0.3, 0.4) is 0 Å². The molecule has 1 aromatic carbocycles. The lowest BCUT2D eigenvalue weighted by Crippen LogP contribution is -2.31. The zero-order valence-corrected chi connectivity index (χ0v) is 13.2. The van der Waals surface area contributed by atoms with Crippen LogP contribution in [-0.4, -0.2) is 39.3 Å². The zero-order chi connectivity index (χ0) is 15.5. The van der Waals surface area contributed by atoms with E-state index in [9.17, 15) is 5.11 Å². The number of benzene rings is 1. The molecule has 22 heavy (non-hydrogen) atoms. The molecular formula is C17H23N3O2. The first kappa shape index (κ1) is 15.2. The lowest BCUT2D eigenvalue weighted by molar-refractivity contribution is 0.141. The van der Waals surface area contributed by atoms with Crippen molar-refractivity contribution in [3.8, 4) is 11.4 Å². The second kappa shape index (κ2) is 6.58. The van der Waals surface area contributed by atoms with Crippen molar-refractivity contribution in [3.05, 3.63) is 35.7 Å². The number of aliphatic hydroxyl groups is 1. The number of hydrogen-bond donors (Lipinski definition) is 1. The van der Waals surface area contributed by atoms with Crippen LogP contribution in [0, 0.1) is 0 Å². The van der Waals surface area contributed by atoms with Gasteiger partial charge >= 0.3 is 0 Å². The van der Waals surface area contributed by atoms with E-state index in [1.165, 1.54) is 5.56 Å². The van der Waals surface area contributed by atoms with E-state index in [2.05, 4.69) is 41.0 Å². The normalized spacial score (nSPS) is 19.2. The van der Waals surface area contributed by atoms with Gasteiger partial charge in [-0.15, -0.1) is 0 Å².